The predicted molar refractivity (Wildman–Crippen MR) is 193 cm³/mol. The number of anilines is 1. The van der Waals surface area contributed by atoms with Crippen LogP contribution in [0.5, 0.6) is 5.75 Å². The van der Waals surface area contributed by atoms with Crippen LogP contribution in [0, 0.1) is 18.8 Å². The molecule has 4 aliphatic rings. The highest BCUT2D eigenvalue weighted by Crippen LogP contribution is 2.41. The Morgan fingerprint density at radius 3 is 2.30 bits per heavy atom. The molecule has 3 aromatic rings. The normalized spacial score (nSPS) is 21.9. The maximum atomic E-state index is 13.9. The van der Waals surface area contributed by atoms with Gasteiger partial charge in [0, 0.05) is 54.8 Å². The van der Waals surface area contributed by atoms with Gasteiger partial charge in [-0.2, -0.15) is 0 Å². The number of carboxylic acid groups (broad SMARTS) is 1. The van der Waals surface area contributed by atoms with Crippen molar-refractivity contribution in [3.8, 4) is 17.0 Å². The molecule has 0 radical (unpaired) electrons. The molecule has 11 nitrogen and oxygen atoms in total. The van der Waals surface area contributed by atoms with Gasteiger partial charge in [-0.25, -0.2) is 14.8 Å². The summed E-state index contributed by atoms with van der Waals surface area (Å²) in [4.78, 5) is 44.1. The van der Waals surface area contributed by atoms with Gasteiger partial charge in [-0.15, -0.1) is 0 Å². The molecule has 7 rings (SSSR count). The molecular formula is C39H54N6O5. The standard InChI is InChI=1S/C32H40N4O3.C7H14N2O2/c1-21-29(38-2)15-14-27(34-21)23-10-8-22(9-11-23)19-36(32(37)25-6-4-3-5-7-25)30-18-26(16-17-33-30)28-20-39-31(35-28)24-12-13-24;1-7(8(2)3)4-9(5-7)6(10)11/h14-18,20,22-25H,3-13,19H2,1-2H3;4-5H2,1-3H3,(H,10,11). The number of likely N-dealkylation sites (tertiary alicyclic amines) is 1. The number of carbonyl (C=O) groups is 2. The molecule has 1 saturated heterocycles. The van der Waals surface area contributed by atoms with E-state index in [0.717, 1.165) is 111 Å². The summed E-state index contributed by atoms with van der Waals surface area (Å²) < 4.78 is 11.1. The molecule has 4 fully saturated rings. The molecule has 1 aliphatic heterocycles. The minimum absolute atomic E-state index is 0.0540. The highest BCUT2D eigenvalue weighted by Gasteiger charge is 2.43. The smallest absolute Gasteiger partial charge is 0.407 e. The number of nitrogens with zero attached hydrogens (tertiary/aromatic N) is 6. The summed E-state index contributed by atoms with van der Waals surface area (Å²) in [6, 6.07) is 8.15. The number of methoxy groups -OCH3 is 1. The topological polar surface area (TPSA) is 125 Å². The summed E-state index contributed by atoms with van der Waals surface area (Å²) >= 11 is 0. The van der Waals surface area contributed by atoms with Crippen LogP contribution in [0.25, 0.3) is 11.3 Å². The molecule has 2 amide bonds. The Morgan fingerprint density at radius 1 is 0.980 bits per heavy atom. The van der Waals surface area contributed by atoms with E-state index >= 15 is 0 Å². The lowest BCUT2D eigenvalue weighted by molar-refractivity contribution is -0.123. The molecule has 50 heavy (non-hydrogen) atoms. The van der Waals surface area contributed by atoms with Crippen LogP contribution in [-0.4, -0.2) is 88.2 Å². The summed E-state index contributed by atoms with van der Waals surface area (Å²) in [6.45, 7) is 6.03. The molecule has 0 aromatic carbocycles. The Labute approximate surface area is 296 Å². The van der Waals surface area contributed by atoms with Crippen molar-refractivity contribution in [2.24, 2.45) is 11.8 Å². The molecule has 0 spiro atoms. The first-order valence-corrected chi connectivity index (χ1v) is 18.4. The van der Waals surface area contributed by atoms with Crippen molar-refractivity contribution in [1.82, 2.24) is 24.8 Å². The van der Waals surface area contributed by atoms with E-state index in [9.17, 15) is 9.59 Å². The van der Waals surface area contributed by atoms with Crippen LogP contribution < -0.4 is 9.64 Å². The number of pyridine rings is 2. The number of hydrogen-bond acceptors (Lipinski definition) is 8. The van der Waals surface area contributed by atoms with Gasteiger partial charge < -0.3 is 24.1 Å². The van der Waals surface area contributed by atoms with Gasteiger partial charge in [0.1, 0.15) is 23.5 Å². The van der Waals surface area contributed by atoms with Crippen molar-refractivity contribution in [3.05, 3.63) is 54.0 Å². The number of ether oxygens (including phenoxy) is 1. The Morgan fingerprint density at radius 2 is 1.68 bits per heavy atom. The zero-order valence-corrected chi connectivity index (χ0v) is 30.4. The van der Waals surface area contributed by atoms with Gasteiger partial charge in [0.25, 0.3) is 0 Å². The molecule has 1 N–H and O–H groups in total. The van der Waals surface area contributed by atoms with Crippen LogP contribution >= 0.6 is 0 Å². The number of amides is 2. The lowest BCUT2D eigenvalue weighted by Gasteiger charge is -2.50. The van der Waals surface area contributed by atoms with Crippen LogP contribution in [0.4, 0.5) is 10.6 Å². The van der Waals surface area contributed by atoms with Gasteiger partial charge in [0.15, 0.2) is 5.89 Å². The monoisotopic (exact) mass is 686 g/mol. The van der Waals surface area contributed by atoms with Gasteiger partial charge in [-0.1, -0.05) is 19.3 Å². The van der Waals surface area contributed by atoms with E-state index in [-0.39, 0.29) is 17.4 Å². The van der Waals surface area contributed by atoms with Crippen molar-refractivity contribution in [3.63, 3.8) is 0 Å². The number of likely N-dealkylation sites (N-methyl/N-ethyl adjacent to an activating group) is 1. The maximum absolute atomic E-state index is 13.9. The Kier molecular flexibility index (Phi) is 11.1. The highest BCUT2D eigenvalue weighted by molar-refractivity contribution is 5.94. The van der Waals surface area contributed by atoms with Gasteiger partial charge in [0.2, 0.25) is 5.91 Å². The van der Waals surface area contributed by atoms with Gasteiger partial charge in [-0.3, -0.25) is 14.7 Å². The summed E-state index contributed by atoms with van der Waals surface area (Å²) in [5.74, 6) is 4.14. The second-order valence-electron chi connectivity index (χ2n) is 15.3. The molecule has 11 heteroatoms. The summed E-state index contributed by atoms with van der Waals surface area (Å²) in [6.07, 6.45) is 14.9. The van der Waals surface area contributed by atoms with Crippen LogP contribution in [-0.2, 0) is 4.79 Å². The molecule has 270 valence electrons. The van der Waals surface area contributed by atoms with Gasteiger partial charge in [0.05, 0.1) is 18.3 Å². The summed E-state index contributed by atoms with van der Waals surface area (Å²) in [5.41, 5.74) is 3.95. The van der Waals surface area contributed by atoms with E-state index in [1.54, 1.807) is 13.4 Å². The zero-order valence-electron chi connectivity index (χ0n) is 30.4. The van der Waals surface area contributed by atoms with E-state index in [1.807, 2.05) is 50.3 Å². The third kappa shape index (κ3) is 8.30. The van der Waals surface area contributed by atoms with Crippen molar-refractivity contribution >= 4 is 17.8 Å². The SMILES string of the molecule is CN(C)C1(C)CN(C(=O)O)C1.COc1ccc(C2CCC(CN(C(=O)C3CCCCC3)c3cc(-c4coc(C5CC5)n4)ccn3)CC2)nc1C. The van der Waals surface area contributed by atoms with E-state index in [4.69, 9.17) is 29.2 Å². The Hall–Kier alpha value is -3.99. The molecule has 3 aromatic heterocycles. The van der Waals surface area contributed by atoms with Crippen molar-refractivity contribution in [2.45, 2.75) is 102 Å². The molecule has 3 saturated carbocycles. The minimum Gasteiger partial charge on any atom is -0.495 e. The second-order valence-corrected chi connectivity index (χ2v) is 15.3. The Bertz CT molecular complexity index is 1620. The number of hydrogen-bond donors (Lipinski definition) is 1. The van der Waals surface area contributed by atoms with Crippen LogP contribution in [0.2, 0.25) is 0 Å². The third-order valence-corrected chi connectivity index (χ3v) is 11.4. The lowest BCUT2D eigenvalue weighted by atomic mass is 9.79. The number of rotatable bonds is 9. The fourth-order valence-corrected chi connectivity index (χ4v) is 7.63. The molecule has 0 atom stereocenters. The van der Waals surface area contributed by atoms with Gasteiger partial charge >= 0.3 is 6.09 Å². The first kappa shape index (κ1) is 35.8. The van der Waals surface area contributed by atoms with Crippen LogP contribution in [0.1, 0.15) is 107 Å². The van der Waals surface area contributed by atoms with Crippen LogP contribution in [0.15, 0.2) is 41.1 Å². The van der Waals surface area contributed by atoms with E-state index < -0.39 is 6.09 Å². The van der Waals surface area contributed by atoms with E-state index in [0.29, 0.717) is 30.8 Å². The van der Waals surface area contributed by atoms with Crippen molar-refractivity contribution in [2.75, 3.05) is 45.7 Å². The Balaban J connectivity index is 0.000000336. The first-order valence-electron chi connectivity index (χ1n) is 18.4. The second kappa shape index (κ2) is 15.5. The van der Waals surface area contributed by atoms with Gasteiger partial charge in [-0.05, 0) is 109 Å². The third-order valence-electron chi connectivity index (χ3n) is 11.4. The first-order chi connectivity index (χ1) is 24.0. The summed E-state index contributed by atoms with van der Waals surface area (Å²) in [5, 5.41) is 8.55. The fraction of sp³-hybridized carbons (Fsp3) is 0.615. The molecule has 4 heterocycles. The van der Waals surface area contributed by atoms with Crippen molar-refractivity contribution < 1.29 is 23.8 Å². The van der Waals surface area contributed by atoms with E-state index in [2.05, 4.69) is 17.9 Å². The number of carbonyl (C=O) groups excluding carboxylic acids is 1. The largest absolute Gasteiger partial charge is 0.495 e. The maximum Gasteiger partial charge on any atom is 0.407 e. The fourth-order valence-electron chi connectivity index (χ4n) is 7.63. The average Bonchev–Trinajstić information content (AvgIpc) is 3.85. The minimum atomic E-state index is -0.815. The quantitative estimate of drug-likeness (QED) is 0.243. The van der Waals surface area contributed by atoms with Crippen molar-refractivity contribution in [1.29, 1.82) is 0 Å². The number of aryl methyl sites for hydroxylation is 1. The predicted octanol–water partition coefficient (Wildman–Crippen LogP) is 7.51. The number of aromatic nitrogens is 3. The highest BCUT2D eigenvalue weighted by atomic mass is 16.5. The lowest BCUT2D eigenvalue weighted by Crippen LogP contribution is -2.67. The number of oxazole rings is 1. The molecular weight excluding hydrogens is 632 g/mol. The molecule has 3 aliphatic carbocycles. The van der Waals surface area contributed by atoms with E-state index in [1.165, 1.54) is 11.3 Å². The summed E-state index contributed by atoms with van der Waals surface area (Å²) in [7, 11) is 5.63. The average molecular weight is 687 g/mol. The molecule has 0 bridgehead atoms. The zero-order chi connectivity index (χ0) is 35.4. The van der Waals surface area contributed by atoms with Crippen LogP contribution in [0.3, 0.4) is 0 Å². The molecule has 0 unspecified atom stereocenters.